The van der Waals surface area contributed by atoms with Gasteiger partial charge in [-0.3, -0.25) is 0 Å². The Balaban J connectivity index is 3.11. The molecule has 0 aliphatic rings. The number of aliphatic hydroxyl groups is 2. The molecule has 2 N–H and O–H groups in total. The minimum absolute atomic E-state index is 0.204. The zero-order valence-corrected chi connectivity index (χ0v) is 11.8. The average Bonchev–Trinajstić information content (AvgIpc) is 2.30. The largest absolute Gasteiger partial charge is 0.393 e. The Hall–Kier alpha value is -0.0800. The molecule has 0 aromatic rings. The van der Waals surface area contributed by atoms with Crippen molar-refractivity contribution < 1.29 is 10.2 Å². The number of aliphatic hydroxyl groups excluding tert-OH is 2. The van der Waals surface area contributed by atoms with Gasteiger partial charge in [0.15, 0.2) is 0 Å². The van der Waals surface area contributed by atoms with E-state index in [9.17, 15) is 5.11 Å². The quantitative estimate of drug-likeness (QED) is 0.509. The topological polar surface area (TPSA) is 40.5 Å². The van der Waals surface area contributed by atoms with Crippen LogP contribution in [0.4, 0.5) is 0 Å². The van der Waals surface area contributed by atoms with E-state index >= 15 is 0 Å². The Morgan fingerprint density at radius 2 is 1.24 bits per heavy atom. The van der Waals surface area contributed by atoms with Crippen molar-refractivity contribution in [2.75, 3.05) is 0 Å². The fourth-order valence-corrected chi connectivity index (χ4v) is 2.09. The molecule has 0 aromatic carbocycles. The summed E-state index contributed by atoms with van der Waals surface area (Å²) in [5, 5.41) is 18.8. The van der Waals surface area contributed by atoms with E-state index in [-0.39, 0.29) is 12.2 Å². The van der Waals surface area contributed by atoms with Crippen molar-refractivity contribution in [1.29, 1.82) is 0 Å². The molecule has 2 unspecified atom stereocenters. The predicted octanol–water partition coefficient (Wildman–Crippen LogP) is 4.04. The second kappa shape index (κ2) is 12.4. The van der Waals surface area contributed by atoms with Gasteiger partial charge in [-0.25, -0.2) is 0 Å². The van der Waals surface area contributed by atoms with Crippen molar-refractivity contribution in [2.24, 2.45) is 0 Å². The fraction of sp³-hybridized carbons (Fsp3) is 1.00. The molecule has 0 spiro atoms. The molecule has 2 heteroatoms. The number of hydrogen-bond donors (Lipinski definition) is 2. The molecule has 2 atom stereocenters. The summed E-state index contributed by atoms with van der Waals surface area (Å²) in [7, 11) is 0. The van der Waals surface area contributed by atoms with Crippen molar-refractivity contribution >= 4 is 0 Å². The maximum Gasteiger partial charge on any atom is 0.0541 e. The van der Waals surface area contributed by atoms with Gasteiger partial charge >= 0.3 is 0 Å². The van der Waals surface area contributed by atoms with Crippen molar-refractivity contribution in [3.63, 3.8) is 0 Å². The second-order valence-electron chi connectivity index (χ2n) is 5.34. The van der Waals surface area contributed by atoms with Crippen LogP contribution in [0.15, 0.2) is 0 Å². The third-order valence-electron chi connectivity index (χ3n) is 3.31. The number of unbranched alkanes of at least 4 members (excludes halogenated alkanes) is 7. The van der Waals surface area contributed by atoms with E-state index in [1.807, 2.05) is 0 Å². The van der Waals surface area contributed by atoms with Gasteiger partial charge in [-0.1, -0.05) is 58.3 Å². The minimum Gasteiger partial charge on any atom is -0.393 e. The maximum absolute atomic E-state index is 9.66. The lowest BCUT2D eigenvalue weighted by Gasteiger charge is -2.11. The molecule has 104 valence electrons. The summed E-state index contributed by atoms with van der Waals surface area (Å²) >= 11 is 0. The van der Waals surface area contributed by atoms with Gasteiger partial charge in [0.1, 0.15) is 0 Å². The van der Waals surface area contributed by atoms with Gasteiger partial charge in [0.2, 0.25) is 0 Å². The smallest absolute Gasteiger partial charge is 0.0541 e. The molecule has 17 heavy (non-hydrogen) atoms. The number of rotatable bonds is 12. The molecule has 0 aliphatic heterocycles. The lowest BCUT2D eigenvalue weighted by atomic mass is 10.0. The van der Waals surface area contributed by atoms with Gasteiger partial charge in [0.25, 0.3) is 0 Å². The molecule has 0 aliphatic carbocycles. The molecule has 0 amide bonds. The first-order valence-electron chi connectivity index (χ1n) is 7.53. The maximum atomic E-state index is 9.66. The van der Waals surface area contributed by atoms with Crippen LogP contribution >= 0.6 is 0 Å². The Labute approximate surface area is 107 Å². The molecule has 0 rings (SSSR count). The molecule has 0 bridgehead atoms. The van der Waals surface area contributed by atoms with Crippen molar-refractivity contribution in [2.45, 2.75) is 96.7 Å². The molecule has 0 heterocycles. The monoisotopic (exact) mass is 244 g/mol. The highest BCUT2D eigenvalue weighted by molar-refractivity contribution is 4.59. The summed E-state index contributed by atoms with van der Waals surface area (Å²) < 4.78 is 0. The van der Waals surface area contributed by atoms with Crippen LogP contribution in [0.5, 0.6) is 0 Å². The fourth-order valence-electron chi connectivity index (χ4n) is 2.09. The van der Waals surface area contributed by atoms with Gasteiger partial charge in [-0.15, -0.1) is 0 Å². The van der Waals surface area contributed by atoms with Crippen LogP contribution in [-0.4, -0.2) is 22.4 Å². The highest BCUT2D eigenvalue weighted by atomic mass is 16.3. The minimum atomic E-state index is -0.275. The van der Waals surface area contributed by atoms with E-state index in [0.29, 0.717) is 0 Å². The van der Waals surface area contributed by atoms with Gasteiger partial charge in [-0.2, -0.15) is 0 Å². The predicted molar refractivity (Wildman–Crippen MR) is 74.1 cm³/mol. The summed E-state index contributed by atoms with van der Waals surface area (Å²) in [5.41, 5.74) is 0. The Kier molecular flexibility index (Phi) is 12.3. The third-order valence-corrected chi connectivity index (χ3v) is 3.31. The van der Waals surface area contributed by atoms with Gasteiger partial charge in [0, 0.05) is 0 Å². The van der Waals surface area contributed by atoms with Crippen LogP contribution in [0.25, 0.3) is 0 Å². The van der Waals surface area contributed by atoms with Crippen LogP contribution in [0, 0.1) is 0 Å². The lowest BCUT2D eigenvalue weighted by molar-refractivity contribution is 0.114. The molecule has 0 saturated heterocycles. The number of hydrogen-bond acceptors (Lipinski definition) is 2. The van der Waals surface area contributed by atoms with Crippen LogP contribution in [0.2, 0.25) is 0 Å². The molecule has 0 fully saturated rings. The summed E-state index contributed by atoms with van der Waals surface area (Å²) in [5.74, 6) is 0. The molecule has 0 radical (unpaired) electrons. The average molecular weight is 244 g/mol. The standard InChI is InChI=1S/C15H32O2/c1-3-4-5-6-7-8-9-10-11-15(17)13-12-14(2)16/h14-17H,3-13H2,1-2H3. The van der Waals surface area contributed by atoms with E-state index in [0.717, 1.165) is 25.7 Å². The normalized spacial score (nSPS) is 14.8. The highest BCUT2D eigenvalue weighted by Gasteiger charge is 2.05. The summed E-state index contributed by atoms with van der Waals surface area (Å²) in [6, 6.07) is 0. The first kappa shape index (κ1) is 16.9. The SMILES string of the molecule is CCCCCCCCCCC(O)CCC(C)O. The van der Waals surface area contributed by atoms with Crippen molar-refractivity contribution in [3.8, 4) is 0 Å². The van der Waals surface area contributed by atoms with E-state index in [1.54, 1.807) is 6.92 Å². The molecule has 2 nitrogen and oxygen atoms in total. The Morgan fingerprint density at radius 3 is 1.76 bits per heavy atom. The third kappa shape index (κ3) is 13.9. The van der Waals surface area contributed by atoms with E-state index in [2.05, 4.69) is 6.92 Å². The van der Waals surface area contributed by atoms with Crippen LogP contribution in [0.1, 0.15) is 84.5 Å². The molecule has 0 aromatic heterocycles. The van der Waals surface area contributed by atoms with Gasteiger partial charge in [-0.05, 0) is 26.2 Å². The van der Waals surface area contributed by atoms with E-state index in [4.69, 9.17) is 5.11 Å². The summed E-state index contributed by atoms with van der Waals surface area (Å²) in [4.78, 5) is 0. The highest BCUT2D eigenvalue weighted by Crippen LogP contribution is 2.12. The van der Waals surface area contributed by atoms with Crippen LogP contribution in [-0.2, 0) is 0 Å². The zero-order valence-electron chi connectivity index (χ0n) is 11.8. The van der Waals surface area contributed by atoms with Crippen LogP contribution in [0.3, 0.4) is 0 Å². The summed E-state index contributed by atoms with van der Waals surface area (Å²) in [6.07, 6.45) is 12.4. The molecular weight excluding hydrogens is 212 g/mol. The van der Waals surface area contributed by atoms with Gasteiger partial charge in [0.05, 0.1) is 12.2 Å². The van der Waals surface area contributed by atoms with E-state index < -0.39 is 0 Å². The second-order valence-corrected chi connectivity index (χ2v) is 5.34. The van der Waals surface area contributed by atoms with Crippen molar-refractivity contribution in [3.05, 3.63) is 0 Å². The lowest BCUT2D eigenvalue weighted by Crippen LogP contribution is -2.10. The molecular formula is C15H32O2. The first-order chi connectivity index (χ1) is 8.16. The first-order valence-corrected chi connectivity index (χ1v) is 7.53. The zero-order chi connectivity index (χ0) is 12.9. The van der Waals surface area contributed by atoms with Crippen LogP contribution < -0.4 is 0 Å². The van der Waals surface area contributed by atoms with Gasteiger partial charge < -0.3 is 10.2 Å². The Bertz CT molecular complexity index is 146. The van der Waals surface area contributed by atoms with E-state index in [1.165, 1.54) is 44.9 Å². The molecule has 0 saturated carbocycles. The summed E-state index contributed by atoms with van der Waals surface area (Å²) in [6.45, 7) is 4.03. The Morgan fingerprint density at radius 1 is 0.706 bits per heavy atom. The van der Waals surface area contributed by atoms with Crippen molar-refractivity contribution in [1.82, 2.24) is 0 Å².